The summed E-state index contributed by atoms with van der Waals surface area (Å²) in [5.41, 5.74) is 0. The third kappa shape index (κ3) is 60.6. The van der Waals surface area contributed by atoms with E-state index in [4.69, 9.17) is 14.2 Å². The minimum Gasteiger partial charge on any atom is -0.462 e. The lowest BCUT2D eigenvalue weighted by atomic mass is 10.0. The zero-order chi connectivity index (χ0) is 52.9. The van der Waals surface area contributed by atoms with Crippen LogP contribution in [0.1, 0.15) is 367 Å². The van der Waals surface area contributed by atoms with Crippen LogP contribution in [-0.2, 0) is 28.6 Å². The van der Waals surface area contributed by atoms with Crippen molar-refractivity contribution < 1.29 is 28.6 Å². The second-order valence-corrected chi connectivity index (χ2v) is 22.4. The number of carbonyl (C=O) groups is 3. The molecule has 0 rings (SSSR count). The Morgan fingerprint density at radius 3 is 0.753 bits per heavy atom. The fourth-order valence-corrected chi connectivity index (χ4v) is 10.0. The van der Waals surface area contributed by atoms with Gasteiger partial charge in [-0.15, -0.1) is 0 Å². The van der Waals surface area contributed by atoms with Gasteiger partial charge in [-0.25, -0.2) is 0 Å². The number of rotatable bonds is 61. The highest BCUT2D eigenvalue weighted by Gasteiger charge is 2.19. The van der Waals surface area contributed by atoms with Crippen LogP contribution in [0.25, 0.3) is 0 Å². The van der Waals surface area contributed by atoms with Crippen LogP contribution in [0.3, 0.4) is 0 Å². The monoisotopic (exact) mass is 1030 g/mol. The Morgan fingerprint density at radius 1 is 0.274 bits per heavy atom. The molecule has 0 radical (unpaired) electrons. The Bertz CT molecular complexity index is 1180. The van der Waals surface area contributed by atoms with Crippen LogP contribution in [0.5, 0.6) is 0 Å². The van der Waals surface area contributed by atoms with Gasteiger partial charge in [0.1, 0.15) is 13.2 Å². The molecule has 0 aromatic heterocycles. The molecular weight excluding hydrogens is 901 g/mol. The van der Waals surface area contributed by atoms with Gasteiger partial charge in [0.15, 0.2) is 6.10 Å². The Balaban J connectivity index is 4.18. The molecule has 0 aliphatic carbocycles. The number of allylic oxidation sites excluding steroid dienone is 4. The summed E-state index contributed by atoms with van der Waals surface area (Å²) < 4.78 is 16.9. The third-order valence-corrected chi connectivity index (χ3v) is 15.0. The lowest BCUT2D eigenvalue weighted by Gasteiger charge is -2.18. The molecule has 6 nitrogen and oxygen atoms in total. The standard InChI is InChI=1S/C67H126O6/c1-4-7-10-13-16-19-22-24-26-28-30-32-33-34-36-37-39-41-43-45-48-51-54-57-60-66(69)72-63-64(62-71-65(68)59-56-53-50-47-21-18-15-12-9-6-3)73-67(70)61-58-55-52-49-46-44-42-40-38-35-31-29-27-25-23-20-17-14-11-8-5-2/h23,25,29,31,64H,4-22,24,26-28,30,32-63H2,1-3H3/b25-23-,31-29-. The van der Waals surface area contributed by atoms with E-state index in [0.717, 1.165) is 64.2 Å². The van der Waals surface area contributed by atoms with Crippen molar-refractivity contribution in [3.8, 4) is 0 Å². The molecule has 1 atom stereocenters. The molecule has 0 saturated heterocycles. The molecule has 0 bridgehead atoms. The predicted molar refractivity (Wildman–Crippen MR) is 316 cm³/mol. The second kappa shape index (κ2) is 62.4. The lowest BCUT2D eigenvalue weighted by Crippen LogP contribution is -2.30. The number of esters is 3. The maximum absolute atomic E-state index is 12.9. The number of unbranched alkanes of at least 4 members (excludes halogenated alkanes) is 46. The van der Waals surface area contributed by atoms with Crippen molar-refractivity contribution >= 4 is 17.9 Å². The molecule has 1 unspecified atom stereocenters. The summed E-state index contributed by atoms with van der Waals surface area (Å²) >= 11 is 0. The maximum Gasteiger partial charge on any atom is 0.306 e. The molecule has 73 heavy (non-hydrogen) atoms. The number of hydrogen-bond donors (Lipinski definition) is 0. The van der Waals surface area contributed by atoms with Crippen molar-refractivity contribution in [1.29, 1.82) is 0 Å². The smallest absolute Gasteiger partial charge is 0.306 e. The van der Waals surface area contributed by atoms with Gasteiger partial charge >= 0.3 is 17.9 Å². The van der Waals surface area contributed by atoms with Crippen LogP contribution >= 0.6 is 0 Å². The first-order valence-corrected chi connectivity index (χ1v) is 32.8. The van der Waals surface area contributed by atoms with Gasteiger partial charge in [0.25, 0.3) is 0 Å². The van der Waals surface area contributed by atoms with Gasteiger partial charge < -0.3 is 14.2 Å². The van der Waals surface area contributed by atoms with Gasteiger partial charge in [0.05, 0.1) is 0 Å². The quantitative estimate of drug-likeness (QED) is 0.0261. The van der Waals surface area contributed by atoms with E-state index >= 15 is 0 Å². The molecule has 0 N–H and O–H groups in total. The molecule has 0 aliphatic heterocycles. The summed E-state index contributed by atoms with van der Waals surface area (Å²) in [5.74, 6) is -0.846. The van der Waals surface area contributed by atoms with Crippen molar-refractivity contribution in [3.05, 3.63) is 24.3 Å². The molecule has 0 heterocycles. The van der Waals surface area contributed by atoms with Crippen molar-refractivity contribution in [2.24, 2.45) is 0 Å². The van der Waals surface area contributed by atoms with E-state index in [-0.39, 0.29) is 31.1 Å². The summed E-state index contributed by atoms with van der Waals surface area (Å²) in [5, 5.41) is 0. The van der Waals surface area contributed by atoms with Crippen LogP contribution < -0.4 is 0 Å². The largest absolute Gasteiger partial charge is 0.462 e. The maximum atomic E-state index is 12.9. The first-order chi connectivity index (χ1) is 36.0. The first kappa shape index (κ1) is 70.9. The average Bonchev–Trinajstić information content (AvgIpc) is 3.39. The zero-order valence-electron chi connectivity index (χ0n) is 49.4. The highest BCUT2D eigenvalue weighted by Crippen LogP contribution is 2.18. The molecule has 0 aliphatic rings. The fourth-order valence-electron chi connectivity index (χ4n) is 10.0. The van der Waals surface area contributed by atoms with E-state index in [1.807, 2.05) is 0 Å². The number of hydrogen-bond acceptors (Lipinski definition) is 6. The molecule has 0 aromatic carbocycles. The lowest BCUT2D eigenvalue weighted by molar-refractivity contribution is -0.167. The molecule has 430 valence electrons. The normalized spacial score (nSPS) is 12.1. The van der Waals surface area contributed by atoms with Gasteiger partial charge in [0, 0.05) is 19.3 Å². The van der Waals surface area contributed by atoms with E-state index in [2.05, 4.69) is 45.1 Å². The molecule has 0 spiro atoms. The Morgan fingerprint density at radius 2 is 0.493 bits per heavy atom. The number of ether oxygens (including phenoxy) is 3. The van der Waals surface area contributed by atoms with E-state index in [9.17, 15) is 14.4 Å². The minimum atomic E-state index is -0.769. The zero-order valence-corrected chi connectivity index (χ0v) is 49.4. The van der Waals surface area contributed by atoms with Crippen molar-refractivity contribution in [2.45, 2.75) is 374 Å². The highest BCUT2D eigenvalue weighted by atomic mass is 16.6. The summed E-state index contributed by atoms with van der Waals surface area (Å²) in [4.78, 5) is 38.2. The van der Waals surface area contributed by atoms with Crippen LogP contribution in [-0.4, -0.2) is 37.2 Å². The molecule has 0 amide bonds. The van der Waals surface area contributed by atoms with Crippen LogP contribution in [0.15, 0.2) is 24.3 Å². The van der Waals surface area contributed by atoms with Gasteiger partial charge in [-0.3, -0.25) is 14.4 Å². The minimum absolute atomic E-state index is 0.0670. The van der Waals surface area contributed by atoms with Gasteiger partial charge in [-0.1, -0.05) is 321 Å². The van der Waals surface area contributed by atoms with Crippen LogP contribution in [0, 0.1) is 0 Å². The molecule has 0 fully saturated rings. The summed E-state index contributed by atoms with van der Waals surface area (Å²) in [7, 11) is 0. The summed E-state index contributed by atoms with van der Waals surface area (Å²) in [6.45, 7) is 6.68. The predicted octanol–water partition coefficient (Wildman–Crippen LogP) is 22.2. The highest BCUT2D eigenvalue weighted by molar-refractivity contribution is 5.71. The Labute approximate surface area is 455 Å². The van der Waals surface area contributed by atoms with E-state index in [1.165, 1.54) is 263 Å². The Hall–Kier alpha value is -2.11. The van der Waals surface area contributed by atoms with Gasteiger partial charge in [0.2, 0.25) is 0 Å². The van der Waals surface area contributed by atoms with Crippen molar-refractivity contribution in [3.63, 3.8) is 0 Å². The molecule has 0 saturated carbocycles. The van der Waals surface area contributed by atoms with E-state index < -0.39 is 6.10 Å². The van der Waals surface area contributed by atoms with E-state index in [0.29, 0.717) is 19.3 Å². The SMILES string of the molecule is CCCCCCC/C=C\C/C=C\CCCCCCCCCCCC(=O)OC(COC(=O)CCCCCCCCCCCC)COC(=O)CCCCCCCCCCCCCCCCCCCCCCCCCC. The Kier molecular flexibility index (Phi) is 60.6. The van der Waals surface area contributed by atoms with Gasteiger partial charge in [-0.05, 0) is 51.4 Å². The topological polar surface area (TPSA) is 78.9 Å². The second-order valence-electron chi connectivity index (χ2n) is 22.4. The molecule has 0 aromatic rings. The van der Waals surface area contributed by atoms with Crippen molar-refractivity contribution in [2.75, 3.05) is 13.2 Å². The first-order valence-electron chi connectivity index (χ1n) is 32.8. The third-order valence-electron chi connectivity index (χ3n) is 15.0. The molecular formula is C67H126O6. The fraction of sp³-hybridized carbons (Fsp3) is 0.896. The summed E-state index contributed by atoms with van der Waals surface area (Å²) in [6, 6.07) is 0. The average molecular weight is 1030 g/mol. The summed E-state index contributed by atoms with van der Waals surface area (Å²) in [6.07, 6.45) is 74.8. The molecule has 6 heteroatoms. The van der Waals surface area contributed by atoms with Crippen LogP contribution in [0.2, 0.25) is 0 Å². The van der Waals surface area contributed by atoms with E-state index in [1.54, 1.807) is 0 Å². The van der Waals surface area contributed by atoms with Crippen molar-refractivity contribution in [1.82, 2.24) is 0 Å². The van der Waals surface area contributed by atoms with Gasteiger partial charge in [-0.2, -0.15) is 0 Å². The number of carbonyl (C=O) groups excluding carboxylic acids is 3. The van der Waals surface area contributed by atoms with Crippen LogP contribution in [0.4, 0.5) is 0 Å².